The highest BCUT2D eigenvalue weighted by Crippen LogP contribution is 2.28. The number of halogens is 1. The molecule has 0 aliphatic heterocycles. The molecule has 118 valence electrons. The van der Waals surface area contributed by atoms with Crippen molar-refractivity contribution in [3.63, 3.8) is 0 Å². The molecule has 0 aromatic heterocycles. The van der Waals surface area contributed by atoms with Crippen LogP contribution in [0.3, 0.4) is 0 Å². The van der Waals surface area contributed by atoms with Gasteiger partial charge < -0.3 is 19.9 Å². The number of hydrogen-bond acceptors (Lipinski definition) is 4. The van der Waals surface area contributed by atoms with Crippen molar-refractivity contribution in [2.75, 3.05) is 32.9 Å². The van der Waals surface area contributed by atoms with Crippen molar-refractivity contribution in [1.82, 2.24) is 5.32 Å². The van der Waals surface area contributed by atoms with E-state index in [0.717, 1.165) is 19.1 Å². The van der Waals surface area contributed by atoms with Gasteiger partial charge in [-0.25, -0.2) is 4.39 Å². The summed E-state index contributed by atoms with van der Waals surface area (Å²) in [6, 6.07) is 6.49. The summed E-state index contributed by atoms with van der Waals surface area (Å²) in [5.74, 6) is 0.500. The first-order chi connectivity index (χ1) is 10.3. The Kier molecular flexibility index (Phi) is 7.09. The molecule has 1 aromatic carbocycles. The topological polar surface area (TPSA) is 50.7 Å². The minimum absolute atomic E-state index is 0.175. The maximum atomic E-state index is 13.3. The van der Waals surface area contributed by atoms with E-state index in [1.165, 1.54) is 18.9 Å². The van der Waals surface area contributed by atoms with Crippen LogP contribution >= 0.6 is 0 Å². The largest absolute Gasteiger partial charge is 0.389 e. The quantitative estimate of drug-likeness (QED) is 0.611. The molecule has 0 amide bonds. The van der Waals surface area contributed by atoms with Gasteiger partial charge in [0.2, 0.25) is 0 Å². The van der Waals surface area contributed by atoms with Crippen LogP contribution in [-0.4, -0.2) is 44.1 Å². The lowest BCUT2D eigenvalue weighted by Gasteiger charge is -2.13. The monoisotopic (exact) mass is 297 g/mol. The Hall–Kier alpha value is -1.01. The van der Waals surface area contributed by atoms with Crippen molar-refractivity contribution in [2.45, 2.75) is 25.6 Å². The SMILES string of the molecule is OC(CNCCOCC1CC1)COCc1ccccc1F. The lowest BCUT2D eigenvalue weighted by molar-refractivity contribution is 0.0267. The summed E-state index contributed by atoms with van der Waals surface area (Å²) in [4.78, 5) is 0. The Bertz CT molecular complexity index is 412. The first kappa shape index (κ1) is 16.4. The molecule has 21 heavy (non-hydrogen) atoms. The van der Waals surface area contributed by atoms with Crippen LogP contribution in [0.2, 0.25) is 0 Å². The molecule has 1 aliphatic carbocycles. The molecule has 1 fully saturated rings. The minimum atomic E-state index is -0.597. The summed E-state index contributed by atoms with van der Waals surface area (Å²) >= 11 is 0. The number of aliphatic hydroxyl groups is 1. The van der Waals surface area contributed by atoms with Gasteiger partial charge in [0.05, 0.1) is 25.9 Å². The molecule has 0 saturated heterocycles. The van der Waals surface area contributed by atoms with Crippen LogP contribution in [0.25, 0.3) is 0 Å². The molecule has 1 aliphatic rings. The lowest BCUT2D eigenvalue weighted by atomic mass is 10.2. The first-order valence-corrected chi connectivity index (χ1v) is 7.53. The van der Waals surface area contributed by atoms with Crippen LogP contribution in [0.15, 0.2) is 24.3 Å². The van der Waals surface area contributed by atoms with Gasteiger partial charge >= 0.3 is 0 Å². The normalized spacial score (nSPS) is 16.1. The van der Waals surface area contributed by atoms with Crippen LogP contribution in [0, 0.1) is 11.7 Å². The fraction of sp³-hybridized carbons (Fsp3) is 0.625. The van der Waals surface area contributed by atoms with Crippen molar-refractivity contribution in [2.24, 2.45) is 5.92 Å². The van der Waals surface area contributed by atoms with E-state index >= 15 is 0 Å². The van der Waals surface area contributed by atoms with Gasteiger partial charge in [-0.15, -0.1) is 0 Å². The van der Waals surface area contributed by atoms with E-state index in [0.29, 0.717) is 18.7 Å². The van der Waals surface area contributed by atoms with Crippen LogP contribution in [-0.2, 0) is 16.1 Å². The third-order valence-corrected chi connectivity index (χ3v) is 3.38. The van der Waals surface area contributed by atoms with Gasteiger partial charge in [0.1, 0.15) is 5.82 Å². The van der Waals surface area contributed by atoms with Crippen LogP contribution in [0.1, 0.15) is 18.4 Å². The Morgan fingerprint density at radius 2 is 2.10 bits per heavy atom. The van der Waals surface area contributed by atoms with Crippen molar-refractivity contribution in [3.05, 3.63) is 35.6 Å². The number of hydrogen-bond donors (Lipinski definition) is 2. The molecule has 0 spiro atoms. The summed E-state index contributed by atoms with van der Waals surface area (Å²) in [6.07, 6.45) is 2.00. The van der Waals surface area contributed by atoms with E-state index in [1.54, 1.807) is 18.2 Å². The predicted octanol–water partition coefficient (Wildman–Crippen LogP) is 1.72. The van der Waals surface area contributed by atoms with E-state index in [2.05, 4.69) is 5.32 Å². The Morgan fingerprint density at radius 1 is 1.29 bits per heavy atom. The summed E-state index contributed by atoms with van der Waals surface area (Å²) in [5.41, 5.74) is 0.506. The highest BCUT2D eigenvalue weighted by Gasteiger charge is 2.20. The number of nitrogens with one attached hydrogen (secondary N) is 1. The lowest BCUT2D eigenvalue weighted by Crippen LogP contribution is -2.32. The molecular weight excluding hydrogens is 273 g/mol. The second kappa shape index (κ2) is 9.10. The fourth-order valence-corrected chi connectivity index (χ4v) is 1.93. The average Bonchev–Trinajstić information content (AvgIpc) is 3.29. The summed E-state index contributed by atoms with van der Waals surface area (Å²) < 4.78 is 24.1. The Labute approximate surface area is 125 Å². The van der Waals surface area contributed by atoms with Gasteiger partial charge in [-0.05, 0) is 24.8 Å². The standard InChI is InChI=1S/C16H24FNO3/c17-16-4-2-1-3-14(16)11-21-12-15(19)9-18-7-8-20-10-13-5-6-13/h1-4,13,15,18-19H,5-12H2. The zero-order valence-corrected chi connectivity index (χ0v) is 12.3. The molecule has 0 heterocycles. The molecule has 1 saturated carbocycles. The number of rotatable bonds is 11. The van der Waals surface area contributed by atoms with E-state index < -0.39 is 6.10 Å². The van der Waals surface area contributed by atoms with Crippen molar-refractivity contribution in [3.8, 4) is 0 Å². The zero-order chi connectivity index (χ0) is 14.9. The first-order valence-electron chi connectivity index (χ1n) is 7.53. The smallest absolute Gasteiger partial charge is 0.128 e. The van der Waals surface area contributed by atoms with Crippen molar-refractivity contribution < 1.29 is 19.0 Å². The molecule has 0 radical (unpaired) electrons. The molecule has 2 N–H and O–H groups in total. The van der Waals surface area contributed by atoms with Crippen LogP contribution in [0.4, 0.5) is 4.39 Å². The van der Waals surface area contributed by atoms with Gasteiger partial charge in [0.25, 0.3) is 0 Å². The molecular formula is C16H24FNO3. The second-order valence-electron chi connectivity index (χ2n) is 5.48. The minimum Gasteiger partial charge on any atom is -0.389 e. The third-order valence-electron chi connectivity index (χ3n) is 3.38. The van der Waals surface area contributed by atoms with Gasteiger partial charge in [0, 0.05) is 25.3 Å². The predicted molar refractivity (Wildman–Crippen MR) is 78.5 cm³/mol. The molecule has 4 nitrogen and oxygen atoms in total. The fourth-order valence-electron chi connectivity index (χ4n) is 1.93. The van der Waals surface area contributed by atoms with E-state index in [4.69, 9.17) is 9.47 Å². The summed E-state index contributed by atoms with van der Waals surface area (Å²) in [7, 11) is 0. The van der Waals surface area contributed by atoms with Gasteiger partial charge in [0.15, 0.2) is 0 Å². The summed E-state index contributed by atoms with van der Waals surface area (Å²) in [6.45, 7) is 3.05. The molecule has 1 unspecified atom stereocenters. The number of benzene rings is 1. The summed E-state index contributed by atoms with van der Waals surface area (Å²) in [5, 5.41) is 12.8. The second-order valence-corrected chi connectivity index (χ2v) is 5.48. The number of ether oxygens (including phenoxy) is 2. The Balaban J connectivity index is 1.45. The van der Waals surface area contributed by atoms with Crippen molar-refractivity contribution >= 4 is 0 Å². The van der Waals surface area contributed by atoms with E-state index in [9.17, 15) is 9.50 Å². The van der Waals surface area contributed by atoms with E-state index in [-0.39, 0.29) is 19.0 Å². The molecule has 2 rings (SSSR count). The molecule has 1 atom stereocenters. The molecule has 5 heteroatoms. The number of aliphatic hydroxyl groups excluding tert-OH is 1. The highest BCUT2D eigenvalue weighted by molar-refractivity contribution is 5.16. The molecule has 0 bridgehead atoms. The average molecular weight is 297 g/mol. The Morgan fingerprint density at radius 3 is 2.86 bits per heavy atom. The van der Waals surface area contributed by atoms with Gasteiger partial charge in [-0.3, -0.25) is 0 Å². The van der Waals surface area contributed by atoms with Gasteiger partial charge in [-0.1, -0.05) is 18.2 Å². The van der Waals surface area contributed by atoms with Crippen molar-refractivity contribution in [1.29, 1.82) is 0 Å². The zero-order valence-electron chi connectivity index (χ0n) is 12.3. The molecule has 1 aromatic rings. The maximum Gasteiger partial charge on any atom is 0.128 e. The van der Waals surface area contributed by atoms with Crippen LogP contribution < -0.4 is 5.32 Å². The van der Waals surface area contributed by atoms with E-state index in [1.807, 2.05) is 0 Å². The third kappa shape index (κ3) is 7.00. The van der Waals surface area contributed by atoms with Gasteiger partial charge in [-0.2, -0.15) is 0 Å². The highest BCUT2D eigenvalue weighted by atomic mass is 19.1. The maximum absolute atomic E-state index is 13.3. The van der Waals surface area contributed by atoms with Crippen LogP contribution in [0.5, 0.6) is 0 Å².